The van der Waals surface area contributed by atoms with Gasteiger partial charge in [-0.2, -0.15) is 0 Å². The van der Waals surface area contributed by atoms with Gasteiger partial charge in [-0.1, -0.05) is 0 Å². The van der Waals surface area contributed by atoms with Crippen LogP contribution in [0.4, 0.5) is 0 Å². The highest BCUT2D eigenvalue weighted by Crippen LogP contribution is 2.03. The van der Waals surface area contributed by atoms with Gasteiger partial charge in [-0.05, 0) is 0 Å². The van der Waals surface area contributed by atoms with E-state index in [9.17, 15) is 5.11 Å². The summed E-state index contributed by atoms with van der Waals surface area (Å²) in [6.45, 7) is -0.118. The Bertz CT molecular complexity index is 517. The van der Waals surface area contributed by atoms with Crippen molar-refractivity contribution >= 4 is 11.2 Å². The van der Waals surface area contributed by atoms with E-state index in [1.807, 2.05) is 0 Å². The zero-order valence-electron chi connectivity index (χ0n) is 7.88. The van der Waals surface area contributed by atoms with Crippen molar-refractivity contribution in [2.45, 2.75) is 12.6 Å². The zero-order valence-corrected chi connectivity index (χ0v) is 7.88. The number of rotatable bonds is 3. The number of nitrogens with zero attached hydrogens (tertiary/aromatic N) is 3. The van der Waals surface area contributed by atoms with Crippen molar-refractivity contribution in [2.75, 3.05) is 6.61 Å². The van der Waals surface area contributed by atoms with Crippen molar-refractivity contribution in [1.82, 2.24) is 19.5 Å². The van der Waals surface area contributed by atoms with Gasteiger partial charge < -0.3 is 19.8 Å². The third kappa shape index (κ3) is 1.74. The van der Waals surface area contributed by atoms with Crippen molar-refractivity contribution in [2.24, 2.45) is 0 Å². The SMILES string of the molecule is N=c1ncn(C[C@@H](O)CO)c2nc[nH]c12. The van der Waals surface area contributed by atoms with Crippen molar-refractivity contribution < 1.29 is 10.2 Å². The molecule has 2 heterocycles. The number of hydrogen-bond acceptors (Lipinski definition) is 5. The average Bonchev–Trinajstić information content (AvgIpc) is 2.71. The molecule has 0 radical (unpaired) electrons. The molecule has 2 aromatic heterocycles. The van der Waals surface area contributed by atoms with E-state index in [0.29, 0.717) is 11.2 Å². The zero-order chi connectivity index (χ0) is 10.8. The second-order valence-corrected chi connectivity index (χ2v) is 3.18. The monoisotopic (exact) mass is 209 g/mol. The molecule has 80 valence electrons. The van der Waals surface area contributed by atoms with Gasteiger partial charge in [0, 0.05) is 0 Å². The topological polar surface area (TPSA) is 111 Å². The van der Waals surface area contributed by atoms with Crippen LogP contribution in [0.2, 0.25) is 0 Å². The Labute approximate surface area is 84.6 Å². The fourth-order valence-corrected chi connectivity index (χ4v) is 1.34. The van der Waals surface area contributed by atoms with Crippen LogP contribution in [-0.4, -0.2) is 42.4 Å². The number of imidazole rings is 1. The molecule has 0 aromatic carbocycles. The molecule has 0 aliphatic rings. The van der Waals surface area contributed by atoms with Gasteiger partial charge in [0.1, 0.15) is 5.52 Å². The smallest absolute Gasteiger partial charge is 0.173 e. The molecule has 15 heavy (non-hydrogen) atoms. The third-order valence-electron chi connectivity index (χ3n) is 2.07. The lowest BCUT2D eigenvalue weighted by atomic mass is 10.3. The minimum Gasteiger partial charge on any atom is -0.394 e. The van der Waals surface area contributed by atoms with Crippen LogP contribution in [-0.2, 0) is 6.54 Å². The Balaban J connectivity index is 2.48. The van der Waals surface area contributed by atoms with Crippen LogP contribution in [0, 0.1) is 5.41 Å². The molecule has 0 aliphatic carbocycles. The number of aromatic nitrogens is 4. The van der Waals surface area contributed by atoms with Crippen LogP contribution >= 0.6 is 0 Å². The minimum absolute atomic E-state index is 0.109. The van der Waals surface area contributed by atoms with E-state index in [0.717, 1.165) is 0 Å². The number of fused-ring (bicyclic) bond motifs is 1. The van der Waals surface area contributed by atoms with Crippen molar-refractivity contribution in [3.8, 4) is 0 Å². The fourth-order valence-electron chi connectivity index (χ4n) is 1.34. The molecular formula is C8H11N5O2. The van der Waals surface area contributed by atoms with E-state index < -0.39 is 6.10 Å². The molecule has 4 N–H and O–H groups in total. The van der Waals surface area contributed by atoms with E-state index >= 15 is 0 Å². The van der Waals surface area contributed by atoms with E-state index in [1.165, 1.54) is 12.7 Å². The normalized spacial score (nSPS) is 13.2. The van der Waals surface area contributed by atoms with Gasteiger partial charge >= 0.3 is 0 Å². The summed E-state index contributed by atoms with van der Waals surface area (Å²) >= 11 is 0. The average molecular weight is 209 g/mol. The lowest BCUT2D eigenvalue weighted by Gasteiger charge is -2.10. The van der Waals surface area contributed by atoms with E-state index in [-0.39, 0.29) is 18.6 Å². The summed E-state index contributed by atoms with van der Waals surface area (Å²) < 4.78 is 1.59. The van der Waals surface area contributed by atoms with Gasteiger partial charge in [0.25, 0.3) is 0 Å². The van der Waals surface area contributed by atoms with Crippen LogP contribution in [0.25, 0.3) is 11.2 Å². The van der Waals surface area contributed by atoms with Crippen LogP contribution < -0.4 is 5.49 Å². The van der Waals surface area contributed by atoms with Gasteiger partial charge in [0.2, 0.25) is 0 Å². The summed E-state index contributed by atoms with van der Waals surface area (Å²) in [5.41, 5.74) is 1.17. The molecule has 0 unspecified atom stereocenters. The number of nitrogens with one attached hydrogen (secondary N) is 2. The number of aliphatic hydroxyl groups is 2. The molecule has 0 spiro atoms. The van der Waals surface area contributed by atoms with E-state index in [4.69, 9.17) is 10.5 Å². The van der Waals surface area contributed by atoms with Crippen molar-refractivity contribution in [1.29, 1.82) is 5.41 Å². The first-order valence-corrected chi connectivity index (χ1v) is 4.44. The predicted octanol–water partition coefficient (Wildman–Crippen LogP) is -1.41. The number of hydrogen-bond donors (Lipinski definition) is 4. The van der Waals surface area contributed by atoms with Gasteiger partial charge in [-0.3, -0.25) is 5.41 Å². The highest BCUT2D eigenvalue weighted by molar-refractivity contribution is 5.68. The molecule has 1 atom stereocenters. The lowest BCUT2D eigenvalue weighted by molar-refractivity contribution is 0.0817. The Kier molecular flexibility index (Phi) is 2.48. The first-order valence-electron chi connectivity index (χ1n) is 4.44. The molecule has 0 saturated carbocycles. The fraction of sp³-hybridized carbons (Fsp3) is 0.375. The van der Waals surface area contributed by atoms with Gasteiger partial charge in [-0.25, -0.2) is 9.97 Å². The van der Waals surface area contributed by atoms with E-state index in [1.54, 1.807) is 4.57 Å². The summed E-state index contributed by atoms with van der Waals surface area (Å²) in [6.07, 6.45) is 2.03. The number of aliphatic hydroxyl groups excluding tert-OH is 2. The summed E-state index contributed by atoms with van der Waals surface area (Å²) in [4.78, 5) is 10.6. The summed E-state index contributed by atoms with van der Waals surface area (Å²) in [6, 6.07) is 0. The predicted molar refractivity (Wildman–Crippen MR) is 50.8 cm³/mol. The number of aromatic amines is 1. The van der Waals surface area contributed by atoms with Crippen LogP contribution in [0.3, 0.4) is 0 Å². The van der Waals surface area contributed by atoms with Gasteiger partial charge in [-0.15, -0.1) is 0 Å². The second kappa shape index (κ2) is 3.79. The van der Waals surface area contributed by atoms with Crippen molar-refractivity contribution in [3.05, 3.63) is 18.1 Å². The highest BCUT2D eigenvalue weighted by Gasteiger charge is 2.08. The Morgan fingerprint density at radius 2 is 2.33 bits per heavy atom. The Morgan fingerprint density at radius 3 is 3.07 bits per heavy atom. The maximum absolute atomic E-state index is 9.29. The van der Waals surface area contributed by atoms with E-state index in [2.05, 4.69) is 15.0 Å². The largest absolute Gasteiger partial charge is 0.394 e. The Morgan fingerprint density at radius 1 is 1.53 bits per heavy atom. The van der Waals surface area contributed by atoms with Crippen molar-refractivity contribution in [3.63, 3.8) is 0 Å². The standard InChI is InChI=1S/C8H11N5O2/c9-7-6-8(11-3-10-6)13(4-12-7)1-5(15)2-14/h3-5,9,14-15H,1-2H2,(H,10,11)/t5-/m1/s1. The molecule has 0 aliphatic heterocycles. The van der Waals surface area contributed by atoms with Crippen LogP contribution in [0.5, 0.6) is 0 Å². The molecule has 7 heteroatoms. The molecule has 2 aromatic rings. The first kappa shape index (κ1) is 9.81. The molecular weight excluding hydrogens is 198 g/mol. The third-order valence-corrected chi connectivity index (χ3v) is 2.07. The maximum Gasteiger partial charge on any atom is 0.173 e. The molecule has 0 amide bonds. The first-order chi connectivity index (χ1) is 7.22. The summed E-state index contributed by atoms with van der Waals surface area (Å²) in [7, 11) is 0. The molecule has 2 rings (SSSR count). The van der Waals surface area contributed by atoms with Gasteiger partial charge in [0.05, 0.1) is 31.9 Å². The molecule has 7 nitrogen and oxygen atoms in total. The number of H-pyrrole nitrogens is 1. The highest BCUT2D eigenvalue weighted by atomic mass is 16.3. The maximum atomic E-state index is 9.29. The summed E-state index contributed by atoms with van der Waals surface area (Å²) in [5, 5.41) is 25.5. The molecule has 0 bridgehead atoms. The summed E-state index contributed by atoms with van der Waals surface area (Å²) in [5.74, 6) is 0. The Hall–Kier alpha value is -1.73. The second-order valence-electron chi connectivity index (χ2n) is 3.18. The quantitative estimate of drug-likeness (QED) is 0.497. The van der Waals surface area contributed by atoms with Gasteiger partial charge in [0.15, 0.2) is 11.1 Å². The van der Waals surface area contributed by atoms with Crippen LogP contribution in [0.15, 0.2) is 12.7 Å². The lowest BCUT2D eigenvalue weighted by Crippen LogP contribution is -2.22. The minimum atomic E-state index is -0.853. The molecule has 0 saturated heterocycles. The van der Waals surface area contributed by atoms with Crippen LogP contribution in [0.1, 0.15) is 0 Å². The molecule has 0 fully saturated rings.